The number of amides is 2. The number of nitrogens with zero attached hydrogens (tertiary/aromatic N) is 3. The second-order valence-electron chi connectivity index (χ2n) is 6.75. The van der Waals surface area contributed by atoms with Crippen molar-refractivity contribution in [3.05, 3.63) is 59.4 Å². The minimum atomic E-state index is -0.307. The molecule has 0 saturated carbocycles. The number of benzene rings is 1. The Bertz CT molecular complexity index is 987. The molecule has 8 heteroatoms. The standard InChI is InChI=1S/C20H19ClN4O3/c21-14-3-5-15(6-4-14)25-17(12-16(23-25)18-2-1-11-28-18)20(27)24-9-7-13(8-10-24)19(22)26/h1-6,11-13H,7-10H2,(H2,22,26). The Balaban J connectivity index is 1.68. The molecule has 4 rings (SSSR count). The Morgan fingerprint density at radius 3 is 2.46 bits per heavy atom. The maximum Gasteiger partial charge on any atom is 0.272 e. The third-order valence-corrected chi connectivity index (χ3v) is 5.21. The van der Waals surface area contributed by atoms with Gasteiger partial charge >= 0.3 is 0 Å². The van der Waals surface area contributed by atoms with Gasteiger partial charge in [0.05, 0.1) is 12.0 Å². The topological polar surface area (TPSA) is 94.4 Å². The van der Waals surface area contributed by atoms with Crippen LogP contribution in [0.2, 0.25) is 5.02 Å². The van der Waals surface area contributed by atoms with Crippen molar-refractivity contribution in [3.63, 3.8) is 0 Å². The van der Waals surface area contributed by atoms with E-state index in [4.69, 9.17) is 21.8 Å². The van der Waals surface area contributed by atoms with Gasteiger partial charge in [-0.2, -0.15) is 5.10 Å². The van der Waals surface area contributed by atoms with Crippen LogP contribution in [-0.4, -0.2) is 39.6 Å². The summed E-state index contributed by atoms with van der Waals surface area (Å²) in [6.45, 7) is 0.961. The fourth-order valence-corrected chi connectivity index (χ4v) is 3.51. The summed E-state index contributed by atoms with van der Waals surface area (Å²) in [7, 11) is 0. The minimum absolute atomic E-state index is 0.150. The van der Waals surface area contributed by atoms with E-state index in [0.29, 0.717) is 48.1 Å². The van der Waals surface area contributed by atoms with Crippen molar-refractivity contribution in [2.45, 2.75) is 12.8 Å². The quantitative estimate of drug-likeness (QED) is 0.730. The average Bonchev–Trinajstić information content (AvgIpc) is 3.38. The van der Waals surface area contributed by atoms with Gasteiger partial charge in [-0.05, 0) is 49.2 Å². The van der Waals surface area contributed by atoms with Crippen LogP contribution in [0.3, 0.4) is 0 Å². The van der Waals surface area contributed by atoms with Crippen molar-refractivity contribution < 1.29 is 14.0 Å². The van der Waals surface area contributed by atoms with Crippen molar-refractivity contribution in [2.24, 2.45) is 11.7 Å². The zero-order valence-corrected chi connectivity index (χ0v) is 15.8. The molecule has 2 aromatic heterocycles. The number of carbonyl (C=O) groups is 2. The number of hydrogen-bond acceptors (Lipinski definition) is 4. The second kappa shape index (κ2) is 7.52. The number of halogens is 1. The lowest BCUT2D eigenvalue weighted by molar-refractivity contribution is -0.123. The Hall–Kier alpha value is -3.06. The van der Waals surface area contributed by atoms with Crippen molar-refractivity contribution in [3.8, 4) is 17.1 Å². The summed E-state index contributed by atoms with van der Waals surface area (Å²) >= 11 is 5.99. The summed E-state index contributed by atoms with van der Waals surface area (Å²) in [4.78, 5) is 26.3. The predicted molar refractivity (Wildman–Crippen MR) is 104 cm³/mol. The molecule has 0 unspecified atom stereocenters. The first-order chi connectivity index (χ1) is 13.5. The maximum atomic E-state index is 13.2. The molecule has 3 heterocycles. The van der Waals surface area contributed by atoms with Crippen LogP contribution in [-0.2, 0) is 4.79 Å². The van der Waals surface area contributed by atoms with Gasteiger partial charge in [-0.15, -0.1) is 0 Å². The van der Waals surface area contributed by atoms with Crippen molar-refractivity contribution in [1.82, 2.24) is 14.7 Å². The molecule has 0 bridgehead atoms. The number of aromatic nitrogens is 2. The molecule has 0 atom stereocenters. The highest BCUT2D eigenvalue weighted by Crippen LogP contribution is 2.25. The number of carbonyl (C=O) groups excluding carboxylic acids is 2. The fraction of sp³-hybridized carbons (Fsp3) is 0.250. The molecule has 0 aliphatic carbocycles. The summed E-state index contributed by atoms with van der Waals surface area (Å²) in [6.07, 6.45) is 2.70. The van der Waals surface area contributed by atoms with Crippen LogP contribution in [0, 0.1) is 5.92 Å². The molecule has 2 N–H and O–H groups in total. The van der Waals surface area contributed by atoms with Crippen LogP contribution in [0.25, 0.3) is 17.1 Å². The molecule has 144 valence electrons. The monoisotopic (exact) mass is 398 g/mol. The first-order valence-corrected chi connectivity index (χ1v) is 9.39. The summed E-state index contributed by atoms with van der Waals surface area (Å²) in [6, 6.07) is 12.4. The molecule has 1 aliphatic rings. The zero-order valence-electron chi connectivity index (χ0n) is 15.0. The molecule has 1 saturated heterocycles. The van der Waals surface area contributed by atoms with E-state index in [1.165, 1.54) is 0 Å². The molecule has 0 radical (unpaired) electrons. The summed E-state index contributed by atoms with van der Waals surface area (Å²) in [5.41, 5.74) is 7.10. The van der Waals surface area contributed by atoms with E-state index in [1.807, 2.05) is 0 Å². The van der Waals surface area contributed by atoms with Gasteiger partial charge in [-0.1, -0.05) is 11.6 Å². The molecule has 28 heavy (non-hydrogen) atoms. The van der Waals surface area contributed by atoms with Crippen LogP contribution < -0.4 is 5.73 Å². The first kappa shape index (κ1) is 18.3. The Kier molecular flexibility index (Phi) is 4.92. The van der Waals surface area contributed by atoms with E-state index < -0.39 is 0 Å². The highest BCUT2D eigenvalue weighted by atomic mass is 35.5. The van der Waals surface area contributed by atoms with Crippen LogP contribution in [0.15, 0.2) is 53.1 Å². The smallest absolute Gasteiger partial charge is 0.272 e. The van der Waals surface area contributed by atoms with Crippen molar-refractivity contribution >= 4 is 23.4 Å². The van der Waals surface area contributed by atoms with Gasteiger partial charge < -0.3 is 15.1 Å². The largest absolute Gasteiger partial charge is 0.463 e. The second-order valence-corrected chi connectivity index (χ2v) is 7.19. The van der Waals surface area contributed by atoms with Gasteiger partial charge in [0, 0.05) is 30.1 Å². The van der Waals surface area contributed by atoms with E-state index in [1.54, 1.807) is 58.3 Å². The molecule has 3 aromatic rings. The molecule has 7 nitrogen and oxygen atoms in total. The molecular formula is C20H19ClN4O3. The van der Waals surface area contributed by atoms with E-state index in [2.05, 4.69) is 5.10 Å². The van der Waals surface area contributed by atoms with Gasteiger partial charge in [0.2, 0.25) is 5.91 Å². The van der Waals surface area contributed by atoms with Gasteiger partial charge in [-0.3, -0.25) is 9.59 Å². The van der Waals surface area contributed by atoms with Gasteiger partial charge in [0.15, 0.2) is 5.76 Å². The fourth-order valence-electron chi connectivity index (χ4n) is 3.39. The molecule has 1 fully saturated rings. The predicted octanol–water partition coefficient (Wildman–Crippen LogP) is 3.12. The summed E-state index contributed by atoms with van der Waals surface area (Å²) in [5, 5.41) is 5.17. The van der Waals surface area contributed by atoms with Gasteiger partial charge in [0.25, 0.3) is 5.91 Å². The normalized spacial score (nSPS) is 15.0. The number of nitrogens with two attached hydrogens (primary N) is 1. The highest BCUT2D eigenvalue weighted by Gasteiger charge is 2.29. The van der Waals surface area contributed by atoms with E-state index in [-0.39, 0.29) is 17.7 Å². The molecule has 2 amide bonds. The van der Waals surface area contributed by atoms with Crippen LogP contribution in [0.4, 0.5) is 0 Å². The number of rotatable bonds is 4. The van der Waals surface area contributed by atoms with E-state index in [0.717, 1.165) is 5.69 Å². The maximum absolute atomic E-state index is 13.2. The van der Waals surface area contributed by atoms with Crippen molar-refractivity contribution in [1.29, 1.82) is 0 Å². The number of likely N-dealkylation sites (tertiary alicyclic amines) is 1. The third kappa shape index (κ3) is 3.53. The number of hydrogen-bond donors (Lipinski definition) is 1. The number of primary amides is 1. The van der Waals surface area contributed by atoms with Crippen LogP contribution >= 0.6 is 11.6 Å². The number of piperidine rings is 1. The van der Waals surface area contributed by atoms with Crippen LogP contribution in [0.1, 0.15) is 23.3 Å². The molecule has 1 aromatic carbocycles. The minimum Gasteiger partial charge on any atom is -0.463 e. The zero-order chi connectivity index (χ0) is 19.7. The lowest BCUT2D eigenvalue weighted by atomic mass is 9.96. The molecular weight excluding hydrogens is 380 g/mol. The van der Waals surface area contributed by atoms with Crippen LogP contribution in [0.5, 0.6) is 0 Å². The molecule has 0 spiro atoms. The van der Waals surface area contributed by atoms with Gasteiger partial charge in [-0.25, -0.2) is 4.68 Å². The first-order valence-electron chi connectivity index (χ1n) is 9.01. The SMILES string of the molecule is NC(=O)C1CCN(C(=O)c2cc(-c3ccco3)nn2-c2ccc(Cl)cc2)CC1. The molecule has 1 aliphatic heterocycles. The van der Waals surface area contributed by atoms with Crippen molar-refractivity contribution in [2.75, 3.05) is 13.1 Å². The third-order valence-electron chi connectivity index (χ3n) is 4.96. The lowest BCUT2D eigenvalue weighted by Gasteiger charge is -2.30. The Morgan fingerprint density at radius 2 is 1.86 bits per heavy atom. The average molecular weight is 399 g/mol. The van der Waals surface area contributed by atoms with Gasteiger partial charge in [0.1, 0.15) is 11.4 Å². The Labute approximate surface area is 166 Å². The summed E-state index contributed by atoms with van der Waals surface area (Å²) in [5.74, 6) is -0.0558. The Morgan fingerprint density at radius 1 is 1.14 bits per heavy atom. The summed E-state index contributed by atoms with van der Waals surface area (Å²) < 4.78 is 7.03. The van der Waals surface area contributed by atoms with E-state index >= 15 is 0 Å². The lowest BCUT2D eigenvalue weighted by Crippen LogP contribution is -2.42. The van der Waals surface area contributed by atoms with E-state index in [9.17, 15) is 9.59 Å². The highest BCUT2D eigenvalue weighted by molar-refractivity contribution is 6.30. The number of furan rings is 1.